The number of aryl methyl sites for hydroxylation is 2. The molecule has 0 aliphatic rings. The van der Waals surface area contributed by atoms with Crippen LogP contribution in [0.2, 0.25) is 0 Å². The molecule has 1 aromatic heterocycles. The molecule has 0 fully saturated rings. The van der Waals surface area contributed by atoms with Crippen molar-refractivity contribution in [3.8, 4) is 11.4 Å². The molecule has 0 amide bonds. The highest BCUT2D eigenvalue weighted by Crippen LogP contribution is 2.34. The summed E-state index contributed by atoms with van der Waals surface area (Å²) in [7, 11) is 1.35. The fourth-order valence-corrected chi connectivity index (χ4v) is 3.37. The van der Waals surface area contributed by atoms with Gasteiger partial charge in [0.05, 0.1) is 17.1 Å². The maximum Gasteiger partial charge on any atom is 0.398 e. The van der Waals surface area contributed by atoms with E-state index < -0.39 is 29.7 Å². The van der Waals surface area contributed by atoms with Crippen molar-refractivity contribution in [3.63, 3.8) is 0 Å². The molecule has 0 N–H and O–H groups in total. The summed E-state index contributed by atoms with van der Waals surface area (Å²) in [4.78, 5) is 4.06. The van der Waals surface area contributed by atoms with Gasteiger partial charge in [-0.25, -0.2) is 14.1 Å². The van der Waals surface area contributed by atoms with Gasteiger partial charge in [-0.15, -0.1) is 11.8 Å². The molecule has 0 saturated carbocycles. The monoisotopic (exact) mass is 419 g/mol. The van der Waals surface area contributed by atoms with E-state index in [2.05, 4.69) is 10.1 Å². The van der Waals surface area contributed by atoms with Gasteiger partial charge < -0.3 is 0 Å². The number of benzene rings is 1. The van der Waals surface area contributed by atoms with Gasteiger partial charge in [0.1, 0.15) is 5.82 Å². The molecule has 144 valence electrons. The third-order valence-electron chi connectivity index (χ3n) is 2.98. The zero-order chi connectivity index (χ0) is 19.7. The quantitative estimate of drug-likeness (QED) is 0.490. The fourth-order valence-electron chi connectivity index (χ4n) is 1.90. The molecular formula is C14H12F7N3S2. The van der Waals surface area contributed by atoms with Gasteiger partial charge in [0.25, 0.3) is 0 Å². The second-order valence-electron chi connectivity index (χ2n) is 5.25. The third-order valence-corrected chi connectivity index (χ3v) is 5.29. The van der Waals surface area contributed by atoms with E-state index in [1.54, 1.807) is 0 Å². The zero-order valence-electron chi connectivity index (χ0n) is 13.4. The summed E-state index contributed by atoms with van der Waals surface area (Å²) in [5.74, 6) is -3.30. The van der Waals surface area contributed by atoms with Crippen molar-refractivity contribution in [1.29, 1.82) is 0 Å². The zero-order valence-corrected chi connectivity index (χ0v) is 15.0. The summed E-state index contributed by atoms with van der Waals surface area (Å²) in [5, 5.41) is 3.79. The molecule has 1 aromatic carbocycles. The van der Waals surface area contributed by atoms with Gasteiger partial charge in [-0.1, -0.05) is 11.8 Å². The Morgan fingerprint density at radius 1 is 1.00 bits per heavy atom. The minimum Gasteiger partial charge on any atom is -0.243 e. The van der Waals surface area contributed by atoms with Gasteiger partial charge in [-0.3, -0.25) is 0 Å². The predicted molar refractivity (Wildman–Crippen MR) is 84.7 cm³/mol. The minimum absolute atomic E-state index is 0.0817. The Kier molecular flexibility index (Phi) is 6.16. The molecule has 2 rings (SSSR count). The van der Waals surface area contributed by atoms with E-state index in [1.807, 2.05) is 0 Å². The second-order valence-corrected chi connectivity index (χ2v) is 7.21. The van der Waals surface area contributed by atoms with Crippen LogP contribution in [0.1, 0.15) is 5.56 Å². The SMILES string of the molecule is Cc1cc(F)c(-c2nc(SCC(F)(F)F)n(C)n2)cc1SCC(F)(F)F. The number of rotatable bonds is 5. The van der Waals surface area contributed by atoms with E-state index in [4.69, 9.17) is 0 Å². The molecule has 0 saturated heterocycles. The Morgan fingerprint density at radius 2 is 1.58 bits per heavy atom. The fraction of sp³-hybridized carbons (Fsp3) is 0.429. The number of nitrogens with zero attached hydrogens (tertiary/aromatic N) is 3. The Bertz CT molecular complexity index is 784. The largest absolute Gasteiger partial charge is 0.398 e. The van der Waals surface area contributed by atoms with Crippen LogP contribution in [-0.2, 0) is 7.05 Å². The Hall–Kier alpha value is -1.43. The normalized spacial score (nSPS) is 12.7. The average molecular weight is 419 g/mol. The smallest absolute Gasteiger partial charge is 0.243 e. The van der Waals surface area contributed by atoms with Crippen molar-refractivity contribution in [1.82, 2.24) is 14.8 Å². The van der Waals surface area contributed by atoms with E-state index in [1.165, 1.54) is 20.0 Å². The molecule has 0 bridgehead atoms. The predicted octanol–water partition coefficient (Wildman–Crippen LogP) is 5.24. The van der Waals surface area contributed by atoms with Crippen LogP contribution in [-0.4, -0.2) is 38.6 Å². The maximum atomic E-state index is 14.2. The van der Waals surface area contributed by atoms with Gasteiger partial charge in [0.2, 0.25) is 0 Å². The highest BCUT2D eigenvalue weighted by Gasteiger charge is 2.29. The first-order valence-corrected chi connectivity index (χ1v) is 8.93. The van der Waals surface area contributed by atoms with Crippen LogP contribution in [0.3, 0.4) is 0 Å². The first kappa shape index (κ1) is 20.9. The van der Waals surface area contributed by atoms with Crippen LogP contribution in [0.15, 0.2) is 22.2 Å². The average Bonchev–Trinajstić information content (AvgIpc) is 2.83. The van der Waals surface area contributed by atoms with Crippen LogP contribution in [0.4, 0.5) is 30.7 Å². The maximum absolute atomic E-state index is 14.2. The van der Waals surface area contributed by atoms with Gasteiger partial charge in [-0.05, 0) is 24.6 Å². The Labute approximate surface area is 152 Å². The van der Waals surface area contributed by atoms with Gasteiger partial charge in [0.15, 0.2) is 11.0 Å². The van der Waals surface area contributed by atoms with Crippen LogP contribution in [0.5, 0.6) is 0 Å². The number of hydrogen-bond acceptors (Lipinski definition) is 4. The summed E-state index contributed by atoms with van der Waals surface area (Å²) in [5.41, 5.74) is 0.137. The number of halogens is 7. The second kappa shape index (κ2) is 7.67. The van der Waals surface area contributed by atoms with Gasteiger partial charge >= 0.3 is 12.4 Å². The van der Waals surface area contributed by atoms with E-state index >= 15 is 0 Å². The molecule has 0 atom stereocenters. The van der Waals surface area contributed by atoms with E-state index in [0.29, 0.717) is 29.1 Å². The summed E-state index contributed by atoms with van der Waals surface area (Å²) >= 11 is 0.872. The van der Waals surface area contributed by atoms with Crippen molar-refractivity contribution in [2.45, 2.75) is 29.3 Å². The first-order valence-electron chi connectivity index (χ1n) is 6.96. The van der Waals surface area contributed by atoms with Crippen molar-refractivity contribution in [2.24, 2.45) is 7.05 Å². The first-order chi connectivity index (χ1) is 11.9. The molecule has 0 unspecified atom stereocenters. The molecule has 1 heterocycles. The number of thioether (sulfide) groups is 2. The molecule has 12 heteroatoms. The lowest BCUT2D eigenvalue weighted by molar-refractivity contribution is -0.106. The molecule has 0 spiro atoms. The highest BCUT2D eigenvalue weighted by molar-refractivity contribution is 7.99. The Morgan fingerprint density at radius 3 is 2.15 bits per heavy atom. The third kappa shape index (κ3) is 5.79. The molecule has 26 heavy (non-hydrogen) atoms. The number of hydrogen-bond donors (Lipinski definition) is 0. The number of aromatic nitrogens is 3. The molecule has 0 aliphatic carbocycles. The van der Waals surface area contributed by atoms with E-state index in [9.17, 15) is 30.7 Å². The summed E-state index contributed by atoms with van der Waals surface area (Å²) in [6.07, 6.45) is -8.80. The van der Waals surface area contributed by atoms with Crippen molar-refractivity contribution in [2.75, 3.05) is 11.5 Å². The topological polar surface area (TPSA) is 30.7 Å². The summed E-state index contributed by atoms with van der Waals surface area (Å²) in [6, 6.07) is 2.22. The van der Waals surface area contributed by atoms with Gasteiger partial charge in [0, 0.05) is 11.9 Å². The van der Waals surface area contributed by atoms with E-state index in [-0.39, 0.29) is 21.4 Å². The van der Waals surface area contributed by atoms with Crippen LogP contribution >= 0.6 is 23.5 Å². The van der Waals surface area contributed by atoms with Crippen LogP contribution in [0, 0.1) is 12.7 Å². The highest BCUT2D eigenvalue weighted by atomic mass is 32.2. The molecule has 3 nitrogen and oxygen atoms in total. The van der Waals surface area contributed by atoms with Gasteiger partial charge in [-0.2, -0.15) is 31.4 Å². The molecule has 2 aromatic rings. The molecule has 0 aliphatic heterocycles. The lowest BCUT2D eigenvalue weighted by Crippen LogP contribution is -2.11. The van der Waals surface area contributed by atoms with E-state index in [0.717, 1.165) is 10.7 Å². The molecule has 0 radical (unpaired) electrons. The lowest BCUT2D eigenvalue weighted by Gasteiger charge is -2.10. The standard InChI is InChI=1S/C14H12F7N3S2/c1-7-3-9(15)8(4-10(7)25-5-13(16,17)18)11-22-12(24(2)23-11)26-6-14(19,20)21/h3-4H,5-6H2,1-2H3. The van der Waals surface area contributed by atoms with Crippen molar-refractivity contribution in [3.05, 3.63) is 23.5 Å². The van der Waals surface area contributed by atoms with Crippen molar-refractivity contribution < 1.29 is 30.7 Å². The van der Waals surface area contributed by atoms with Crippen molar-refractivity contribution >= 4 is 23.5 Å². The lowest BCUT2D eigenvalue weighted by atomic mass is 10.1. The summed E-state index contributed by atoms with van der Waals surface area (Å²) in [6.45, 7) is 1.46. The van der Waals surface area contributed by atoms with Crippen LogP contribution < -0.4 is 0 Å². The molecular weight excluding hydrogens is 407 g/mol. The number of alkyl halides is 6. The minimum atomic E-state index is -4.41. The summed E-state index contributed by atoms with van der Waals surface area (Å²) < 4.78 is 89.4. The van der Waals surface area contributed by atoms with Crippen LogP contribution in [0.25, 0.3) is 11.4 Å². The Balaban J connectivity index is 2.30.